The molecule has 1 aromatic carbocycles. The van der Waals surface area contributed by atoms with E-state index in [1.54, 1.807) is 14.2 Å². The van der Waals surface area contributed by atoms with Crippen molar-refractivity contribution in [2.75, 3.05) is 21.3 Å². The predicted octanol–water partition coefficient (Wildman–Crippen LogP) is 1.83. The highest BCUT2D eigenvalue weighted by atomic mass is 16.5. The highest BCUT2D eigenvalue weighted by Crippen LogP contribution is 2.31. The molecule has 5 heteroatoms. The van der Waals surface area contributed by atoms with Crippen LogP contribution in [0.4, 0.5) is 0 Å². The Kier molecular flexibility index (Phi) is 5.45. The molecule has 0 radical (unpaired) electrons. The van der Waals surface area contributed by atoms with Gasteiger partial charge in [-0.2, -0.15) is 0 Å². The Balaban J connectivity index is 2.88. The van der Waals surface area contributed by atoms with E-state index >= 15 is 0 Å². The lowest BCUT2D eigenvalue weighted by Crippen LogP contribution is -2.17. The molecular formula is C13H19NO4. The third kappa shape index (κ3) is 3.63. The lowest BCUT2D eigenvalue weighted by atomic mass is 10.0. The van der Waals surface area contributed by atoms with E-state index in [9.17, 15) is 4.79 Å². The number of nitrogens with one attached hydrogen (secondary N) is 1. The van der Waals surface area contributed by atoms with Gasteiger partial charge in [-0.05, 0) is 31.2 Å². The largest absolute Gasteiger partial charge is 0.493 e. The predicted molar refractivity (Wildman–Crippen MR) is 68.2 cm³/mol. The van der Waals surface area contributed by atoms with Crippen LogP contribution in [0.15, 0.2) is 18.2 Å². The molecule has 0 fully saturated rings. The van der Waals surface area contributed by atoms with Gasteiger partial charge in [0.15, 0.2) is 11.5 Å². The van der Waals surface area contributed by atoms with E-state index in [-0.39, 0.29) is 12.5 Å². The summed E-state index contributed by atoms with van der Waals surface area (Å²) in [7, 11) is 4.97. The van der Waals surface area contributed by atoms with Crippen molar-refractivity contribution in [1.29, 1.82) is 0 Å². The second-order valence-electron chi connectivity index (χ2n) is 3.89. The number of methoxy groups -OCH3 is 2. The Bertz CT molecular complexity index is 406. The molecule has 1 rings (SSSR count). The summed E-state index contributed by atoms with van der Waals surface area (Å²) in [4.78, 5) is 10.6. The average molecular weight is 253 g/mol. The SMILES string of the molecule is CNC(CCC(=O)O)c1ccc(OC)c(OC)c1. The molecule has 0 aliphatic carbocycles. The number of hydrogen-bond acceptors (Lipinski definition) is 4. The van der Waals surface area contributed by atoms with Crippen LogP contribution in [-0.2, 0) is 4.79 Å². The Morgan fingerprint density at radius 3 is 2.50 bits per heavy atom. The zero-order valence-electron chi connectivity index (χ0n) is 10.9. The first-order valence-corrected chi connectivity index (χ1v) is 5.73. The first-order chi connectivity index (χ1) is 8.62. The van der Waals surface area contributed by atoms with Crippen molar-refractivity contribution in [3.63, 3.8) is 0 Å². The van der Waals surface area contributed by atoms with Gasteiger partial charge in [0.1, 0.15) is 0 Å². The maximum Gasteiger partial charge on any atom is 0.303 e. The van der Waals surface area contributed by atoms with Crippen LogP contribution in [0.2, 0.25) is 0 Å². The number of hydrogen-bond donors (Lipinski definition) is 2. The minimum atomic E-state index is -0.796. The van der Waals surface area contributed by atoms with Gasteiger partial charge in [-0.1, -0.05) is 6.07 Å². The first kappa shape index (κ1) is 14.3. The van der Waals surface area contributed by atoms with Crippen LogP contribution in [-0.4, -0.2) is 32.3 Å². The molecule has 0 heterocycles. The van der Waals surface area contributed by atoms with Crippen molar-refractivity contribution in [2.24, 2.45) is 0 Å². The Labute approximate surface area is 107 Å². The number of rotatable bonds is 7. The van der Waals surface area contributed by atoms with Crippen LogP contribution in [0.25, 0.3) is 0 Å². The van der Waals surface area contributed by atoms with Crippen molar-refractivity contribution >= 4 is 5.97 Å². The smallest absolute Gasteiger partial charge is 0.303 e. The minimum Gasteiger partial charge on any atom is -0.493 e. The molecule has 1 atom stereocenters. The molecule has 0 aliphatic heterocycles. The fourth-order valence-corrected chi connectivity index (χ4v) is 1.82. The van der Waals surface area contributed by atoms with Gasteiger partial charge in [0, 0.05) is 12.5 Å². The zero-order valence-corrected chi connectivity index (χ0v) is 10.9. The Morgan fingerprint density at radius 2 is 2.00 bits per heavy atom. The molecule has 5 nitrogen and oxygen atoms in total. The summed E-state index contributed by atoms with van der Waals surface area (Å²) < 4.78 is 10.4. The lowest BCUT2D eigenvalue weighted by Gasteiger charge is -2.17. The molecule has 0 aliphatic rings. The van der Waals surface area contributed by atoms with Gasteiger partial charge < -0.3 is 19.9 Å². The summed E-state index contributed by atoms with van der Waals surface area (Å²) in [6, 6.07) is 5.58. The van der Waals surface area contributed by atoms with Crippen molar-refractivity contribution < 1.29 is 19.4 Å². The maximum absolute atomic E-state index is 10.6. The second-order valence-corrected chi connectivity index (χ2v) is 3.89. The summed E-state index contributed by atoms with van der Waals surface area (Å²) in [5, 5.41) is 11.8. The standard InChI is InChI=1S/C13H19NO4/c1-14-10(5-7-13(15)16)9-4-6-11(17-2)12(8-9)18-3/h4,6,8,10,14H,5,7H2,1-3H3,(H,15,16). The minimum absolute atomic E-state index is 0.0130. The quantitative estimate of drug-likeness (QED) is 0.776. The molecule has 0 saturated heterocycles. The monoisotopic (exact) mass is 253 g/mol. The van der Waals surface area contributed by atoms with Crippen molar-refractivity contribution in [3.05, 3.63) is 23.8 Å². The fourth-order valence-electron chi connectivity index (χ4n) is 1.82. The van der Waals surface area contributed by atoms with E-state index in [1.165, 1.54) is 0 Å². The molecule has 0 spiro atoms. The molecule has 0 saturated carbocycles. The molecule has 18 heavy (non-hydrogen) atoms. The van der Waals surface area contributed by atoms with E-state index < -0.39 is 5.97 Å². The van der Waals surface area contributed by atoms with Crippen LogP contribution in [0.1, 0.15) is 24.4 Å². The number of ether oxygens (including phenoxy) is 2. The summed E-state index contributed by atoms with van der Waals surface area (Å²) in [5.41, 5.74) is 0.983. The fraction of sp³-hybridized carbons (Fsp3) is 0.462. The molecule has 100 valence electrons. The van der Waals surface area contributed by atoms with E-state index in [0.717, 1.165) is 5.56 Å². The normalized spacial score (nSPS) is 11.9. The summed E-state index contributed by atoms with van der Waals surface area (Å²) >= 11 is 0. The van der Waals surface area contributed by atoms with Crippen LogP contribution in [0, 0.1) is 0 Å². The summed E-state index contributed by atoms with van der Waals surface area (Å²) in [6.45, 7) is 0. The van der Waals surface area contributed by atoms with E-state index in [2.05, 4.69) is 5.32 Å². The second kappa shape index (κ2) is 6.86. The van der Waals surface area contributed by atoms with Crippen LogP contribution in [0.3, 0.4) is 0 Å². The number of carboxylic acid groups (broad SMARTS) is 1. The Morgan fingerprint density at radius 1 is 1.33 bits per heavy atom. The molecule has 1 aromatic rings. The topological polar surface area (TPSA) is 67.8 Å². The molecular weight excluding hydrogens is 234 g/mol. The third-order valence-corrected chi connectivity index (χ3v) is 2.81. The van der Waals surface area contributed by atoms with E-state index in [1.807, 2.05) is 25.2 Å². The van der Waals surface area contributed by atoms with Gasteiger partial charge in [-0.15, -0.1) is 0 Å². The molecule has 1 unspecified atom stereocenters. The summed E-state index contributed by atoms with van der Waals surface area (Å²) in [5.74, 6) is 0.510. The molecule has 2 N–H and O–H groups in total. The average Bonchev–Trinajstić information content (AvgIpc) is 2.38. The van der Waals surface area contributed by atoms with Gasteiger partial charge in [0.05, 0.1) is 14.2 Å². The summed E-state index contributed by atoms with van der Waals surface area (Å²) in [6.07, 6.45) is 0.654. The van der Waals surface area contributed by atoms with Crippen molar-refractivity contribution in [2.45, 2.75) is 18.9 Å². The third-order valence-electron chi connectivity index (χ3n) is 2.81. The maximum atomic E-state index is 10.6. The number of carbonyl (C=O) groups is 1. The van der Waals surface area contributed by atoms with Gasteiger partial charge in [0.25, 0.3) is 0 Å². The van der Waals surface area contributed by atoms with Crippen LogP contribution in [0.5, 0.6) is 11.5 Å². The van der Waals surface area contributed by atoms with Gasteiger partial charge >= 0.3 is 5.97 Å². The van der Waals surface area contributed by atoms with E-state index in [0.29, 0.717) is 17.9 Å². The van der Waals surface area contributed by atoms with Crippen molar-refractivity contribution in [1.82, 2.24) is 5.32 Å². The highest BCUT2D eigenvalue weighted by Gasteiger charge is 2.13. The van der Waals surface area contributed by atoms with Gasteiger partial charge in [-0.25, -0.2) is 0 Å². The van der Waals surface area contributed by atoms with Crippen molar-refractivity contribution in [3.8, 4) is 11.5 Å². The molecule has 0 bridgehead atoms. The number of benzene rings is 1. The number of carboxylic acids is 1. The van der Waals surface area contributed by atoms with Crippen LogP contribution < -0.4 is 14.8 Å². The van der Waals surface area contributed by atoms with E-state index in [4.69, 9.17) is 14.6 Å². The van der Waals surface area contributed by atoms with Crippen LogP contribution >= 0.6 is 0 Å². The highest BCUT2D eigenvalue weighted by molar-refractivity contribution is 5.66. The molecule has 0 aromatic heterocycles. The first-order valence-electron chi connectivity index (χ1n) is 5.73. The van der Waals surface area contributed by atoms with Gasteiger partial charge in [-0.3, -0.25) is 4.79 Å². The van der Waals surface area contributed by atoms with Gasteiger partial charge in [0.2, 0.25) is 0 Å². The Hall–Kier alpha value is -1.75. The lowest BCUT2D eigenvalue weighted by molar-refractivity contribution is -0.137. The molecule has 0 amide bonds. The zero-order chi connectivity index (χ0) is 13.5. The number of aliphatic carboxylic acids is 1.